The molecule has 1 aromatic carbocycles. The molecule has 1 aliphatic carbocycles. The average Bonchev–Trinajstić information content (AvgIpc) is 3.03. The number of terminal acetylenes is 1. The first kappa shape index (κ1) is 22.3. The van der Waals surface area contributed by atoms with Gasteiger partial charge < -0.3 is 9.47 Å². The number of hydrogen-bond acceptors (Lipinski definition) is 4. The molecule has 0 N–H and O–H groups in total. The summed E-state index contributed by atoms with van der Waals surface area (Å²) >= 11 is 0. The van der Waals surface area contributed by atoms with Gasteiger partial charge in [0.15, 0.2) is 0 Å². The molecule has 0 spiro atoms. The number of ether oxygens (including phenoxy) is 2. The molecule has 0 saturated carbocycles. The maximum Gasteiger partial charge on any atom is 0.414 e. The zero-order valence-electron chi connectivity index (χ0n) is 16.7. The first-order chi connectivity index (χ1) is 12.8. The lowest BCUT2D eigenvalue weighted by atomic mass is 10.1. The van der Waals surface area contributed by atoms with Gasteiger partial charge in [-0.3, -0.25) is 4.90 Å². The van der Waals surface area contributed by atoms with Gasteiger partial charge in [0.2, 0.25) is 6.29 Å². The lowest BCUT2D eigenvalue weighted by Crippen LogP contribution is -2.37. The number of carbonyl (C=O) groups excluding carboxylic acids is 2. The van der Waals surface area contributed by atoms with Gasteiger partial charge in [0, 0.05) is 12.5 Å². The van der Waals surface area contributed by atoms with Crippen LogP contribution in [0.3, 0.4) is 0 Å². The Labute approximate surface area is 162 Å². The molecule has 1 amide bonds. The normalized spacial score (nSPS) is 15.3. The van der Waals surface area contributed by atoms with E-state index < -0.39 is 18.4 Å². The summed E-state index contributed by atoms with van der Waals surface area (Å²) < 4.78 is 10.2. The summed E-state index contributed by atoms with van der Waals surface area (Å²) in [5, 5.41) is 0. The van der Waals surface area contributed by atoms with Crippen molar-refractivity contribution in [1.82, 2.24) is 4.90 Å². The molecule has 0 fully saturated rings. The third-order valence-electron chi connectivity index (χ3n) is 3.86. The molecule has 1 aliphatic rings. The third-order valence-corrected chi connectivity index (χ3v) is 3.86. The largest absolute Gasteiger partial charge is 0.422 e. The molecule has 146 valence electrons. The molecule has 0 aromatic heterocycles. The Morgan fingerprint density at radius 2 is 1.96 bits per heavy atom. The molecule has 27 heavy (non-hydrogen) atoms. The van der Waals surface area contributed by atoms with Crippen molar-refractivity contribution in [3.05, 3.63) is 47.5 Å². The van der Waals surface area contributed by atoms with E-state index in [2.05, 4.69) is 26.3 Å². The quantitative estimate of drug-likeness (QED) is 0.328. The fourth-order valence-electron chi connectivity index (χ4n) is 2.74. The SMILES string of the molecule is C#CCN(C(=O)OC(C)OC(=O)C(=C)C)[C@@H]1CCc2ccccc21.CCC. The number of fused-ring (bicyclic) bond motifs is 1. The summed E-state index contributed by atoms with van der Waals surface area (Å²) in [5.41, 5.74) is 2.53. The van der Waals surface area contributed by atoms with Gasteiger partial charge in [-0.2, -0.15) is 0 Å². The molecule has 0 radical (unpaired) electrons. The van der Waals surface area contributed by atoms with Crippen LogP contribution in [0.25, 0.3) is 0 Å². The number of amides is 1. The number of hydrogen-bond donors (Lipinski definition) is 0. The van der Waals surface area contributed by atoms with E-state index in [1.54, 1.807) is 0 Å². The van der Waals surface area contributed by atoms with Crippen molar-refractivity contribution in [3.63, 3.8) is 0 Å². The number of rotatable bonds is 5. The van der Waals surface area contributed by atoms with Gasteiger partial charge in [-0.1, -0.05) is 57.0 Å². The van der Waals surface area contributed by atoms with Crippen LogP contribution in [0.5, 0.6) is 0 Å². The van der Waals surface area contributed by atoms with Gasteiger partial charge in [0.25, 0.3) is 0 Å². The fraction of sp³-hybridized carbons (Fsp3) is 0.455. The number of aryl methyl sites for hydroxylation is 1. The minimum atomic E-state index is -1.02. The predicted octanol–water partition coefficient (Wildman–Crippen LogP) is 4.63. The molecule has 0 heterocycles. The van der Waals surface area contributed by atoms with E-state index in [1.165, 1.54) is 30.7 Å². The standard InChI is InChI=1S/C19H21NO4.C3H8/c1-5-12-20(17-11-10-15-8-6-7-9-16(15)17)19(22)24-14(4)23-18(21)13(2)3;1-3-2/h1,6-9,14,17H,2,10-12H2,3-4H3;3H2,1-2H3/t14?,17-;/m1./s1. The van der Waals surface area contributed by atoms with Gasteiger partial charge in [-0.25, -0.2) is 9.59 Å². The summed E-state index contributed by atoms with van der Waals surface area (Å²) in [4.78, 5) is 25.5. The van der Waals surface area contributed by atoms with Crippen molar-refractivity contribution in [1.29, 1.82) is 0 Å². The van der Waals surface area contributed by atoms with Gasteiger partial charge >= 0.3 is 12.1 Å². The maximum absolute atomic E-state index is 12.5. The second-order valence-electron chi connectivity index (χ2n) is 6.43. The van der Waals surface area contributed by atoms with Crippen LogP contribution < -0.4 is 0 Å². The van der Waals surface area contributed by atoms with Gasteiger partial charge in [0.05, 0.1) is 12.6 Å². The van der Waals surface area contributed by atoms with Crippen LogP contribution >= 0.6 is 0 Å². The van der Waals surface area contributed by atoms with Crippen LogP contribution in [0.1, 0.15) is 57.7 Å². The lowest BCUT2D eigenvalue weighted by Gasteiger charge is -2.28. The van der Waals surface area contributed by atoms with Gasteiger partial charge in [-0.05, 0) is 30.9 Å². The highest BCUT2D eigenvalue weighted by molar-refractivity contribution is 5.87. The van der Waals surface area contributed by atoms with E-state index in [1.807, 2.05) is 24.3 Å². The molecule has 1 unspecified atom stereocenters. The summed E-state index contributed by atoms with van der Waals surface area (Å²) in [5.74, 6) is 1.89. The van der Waals surface area contributed by atoms with E-state index in [9.17, 15) is 9.59 Å². The van der Waals surface area contributed by atoms with Crippen molar-refractivity contribution < 1.29 is 19.1 Å². The van der Waals surface area contributed by atoms with E-state index in [0.717, 1.165) is 18.4 Å². The number of benzene rings is 1. The average molecular weight is 371 g/mol. The van der Waals surface area contributed by atoms with E-state index in [-0.39, 0.29) is 18.2 Å². The molecule has 1 aromatic rings. The van der Waals surface area contributed by atoms with Crippen LogP contribution in [0, 0.1) is 12.3 Å². The van der Waals surface area contributed by atoms with Gasteiger partial charge in [0.1, 0.15) is 0 Å². The van der Waals surface area contributed by atoms with Gasteiger partial charge in [-0.15, -0.1) is 6.42 Å². The topological polar surface area (TPSA) is 55.8 Å². The Bertz CT molecular complexity index is 705. The summed E-state index contributed by atoms with van der Waals surface area (Å²) in [6.07, 6.45) is 6.72. The predicted molar refractivity (Wildman–Crippen MR) is 106 cm³/mol. The first-order valence-electron chi connectivity index (χ1n) is 9.20. The Balaban J connectivity index is 0.00000114. The summed E-state index contributed by atoms with van der Waals surface area (Å²) in [7, 11) is 0. The zero-order chi connectivity index (χ0) is 20.4. The highest BCUT2D eigenvalue weighted by Gasteiger charge is 2.32. The van der Waals surface area contributed by atoms with E-state index in [4.69, 9.17) is 15.9 Å². The summed E-state index contributed by atoms with van der Waals surface area (Å²) in [6.45, 7) is 10.9. The molecule has 5 nitrogen and oxygen atoms in total. The fourth-order valence-corrected chi connectivity index (χ4v) is 2.74. The highest BCUT2D eigenvalue weighted by atomic mass is 16.7. The van der Waals surface area contributed by atoms with Crippen molar-refractivity contribution in [2.75, 3.05) is 6.54 Å². The molecule has 2 atom stereocenters. The number of carbonyl (C=O) groups is 2. The Morgan fingerprint density at radius 3 is 2.56 bits per heavy atom. The van der Waals surface area contributed by atoms with Crippen LogP contribution in [0.4, 0.5) is 4.79 Å². The zero-order valence-corrected chi connectivity index (χ0v) is 16.7. The molecular weight excluding hydrogens is 342 g/mol. The van der Waals surface area contributed by atoms with Crippen LogP contribution in [-0.4, -0.2) is 29.8 Å². The first-order valence-corrected chi connectivity index (χ1v) is 9.20. The highest BCUT2D eigenvalue weighted by Crippen LogP contribution is 2.35. The van der Waals surface area contributed by atoms with E-state index in [0.29, 0.717) is 0 Å². The molecule has 0 aliphatic heterocycles. The molecule has 2 rings (SSSR count). The number of nitrogens with zero attached hydrogens (tertiary/aromatic N) is 1. The molecule has 0 saturated heterocycles. The second kappa shape index (κ2) is 11.1. The Morgan fingerprint density at radius 1 is 1.33 bits per heavy atom. The minimum absolute atomic E-state index is 0.124. The van der Waals surface area contributed by atoms with Crippen molar-refractivity contribution in [3.8, 4) is 12.3 Å². The van der Waals surface area contributed by atoms with Crippen molar-refractivity contribution >= 4 is 12.1 Å². The lowest BCUT2D eigenvalue weighted by molar-refractivity contribution is -0.161. The van der Waals surface area contributed by atoms with Crippen LogP contribution in [0.15, 0.2) is 36.4 Å². The van der Waals surface area contributed by atoms with Crippen molar-refractivity contribution in [2.45, 2.75) is 59.3 Å². The smallest absolute Gasteiger partial charge is 0.414 e. The molecule has 0 bridgehead atoms. The van der Waals surface area contributed by atoms with E-state index >= 15 is 0 Å². The van der Waals surface area contributed by atoms with Crippen molar-refractivity contribution in [2.24, 2.45) is 0 Å². The minimum Gasteiger partial charge on any atom is -0.422 e. The summed E-state index contributed by atoms with van der Waals surface area (Å²) in [6, 6.07) is 7.83. The monoisotopic (exact) mass is 371 g/mol. The molecular formula is C22H29NO4. The van der Waals surface area contributed by atoms with Crippen LogP contribution in [-0.2, 0) is 20.7 Å². The number of esters is 1. The Hall–Kier alpha value is -2.74. The Kier molecular flexibility index (Phi) is 9.15. The van der Waals surface area contributed by atoms with Crippen LogP contribution in [0.2, 0.25) is 0 Å². The second-order valence-corrected chi connectivity index (χ2v) is 6.43. The molecule has 5 heteroatoms. The third kappa shape index (κ3) is 6.49. The maximum atomic E-state index is 12.5.